The second kappa shape index (κ2) is 7.74. The first-order valence-corrected chi connectivity index (χ1v) is 9.02. The van der Waals surface area contributed by atoms with Crippen molar-refractivity contribution in [1.29, 1.82) is 0 Å². The molecule has 140 valence electrons. The van der Waals surface area contributed by atoms with Gasteiger partial charge in [-0.1, -0.05) is 57.2 Å². The fourth-order valence-corrected chi connectivity index (χ4v) is 2.91. The molecule has 0 unspecified atom stereocenters. The molecule has 0 bridgehead atoms. The van der Waals surface area contributed by atoms with E-state index in [1.54, 1.807) is 12.1 Å². The van der Waals surface area contributed by atoms with Gasteiger partial charge in [-0.3, -0.25) is 0 Å². The zero-order valence-corrected chi connectivity index (χ0v) is 16.2. The van der Waals surface area contributed by atoms with Gasteiger partial charge in [0, 0.05) is 29.6 Å². The van der Waals surface area contributed by atoms with E-state index in [0.717, 1.165) is 11.4 Å². The highest BCUT2D eigenvalue weighted by atomic mass is 19.1. The van der Waals surface area contributed by atoms with Crippen LogP contribution in [0.5, 0.6) is 0 Å². The maximum absolute atomic E-state index is 13.8. The Bertz CT molecular complexity index is 932. The maximum atomic E-state index is 13.8. The van der Waals surface area contributed by atoms with Crippen molar-refractivity contribution in [3.63, 3.8) is 0 Å². The minimum Gasteiger partial charge on any atom is -0.350 e. The highest BCUT2D eigenvalue weighted by molar-refractivity contribution is 5.63. The van der Waals surface area contributed by atoms with Crippen molar-refractivity contribution in [2.24, 2.45) is 0 Å². The third kappa shape index (κ3) is 4.82. The Morgan fingerprint density at radius 3 is 2.41 bits per heavy atom. The van der Waals surface area contributed by atoms with Crippen molar-refractivity contribution < 1.29 is 4.39 Å². The normalized spacial score (nSPS) is 11.3. The molecule has 0 radical (unpaired) electrons. The summed E-state index contributed by atoms with van der Waals surface area (Å²) in [6.45, 7) is 8.78. The lowest BCUT2D eigenvalue weighted by Crippen LogP contribution is -2.14. The van der Waals surface area contributed by atoms with Crippen LogP contribution < -0.4 is 10.6 Å². The first-order valence-electron chi connectivity index (χ1n) is 9.02. The van der Waals surface area contributed by atoms with Gasteiger partial charge in [0.15, 0.2) is 0 Å². The van der Waals surface area contributed by atoms with Gasteiger partial charge in [-0.25, -0.2) is 9.37 Å². The SMILES string of the molecule is Cc1cc(Nc2ccccc2C(C)(C)C)nc(NCc2ccccc2F)n1. The zero-order chi connectivity index (χ0) is 19.4. The number of aryl methyl sites for hydroxylation is 1. The summed E-state index contributed by atoms with van der Waals surface area (Å²) in [4.78, 5) is 8.95. The van der Waals surface area contributed by atoms with E-state index >= 15 is 0 Å². The summed E-state index contributed by atoms with van der Waals surface area (Å²) in [7, 11) is 0. The van der Waals surface area contributed by atoms with E-state index in [2.05, 4.69) is 47.4 Å². The lowest BCUT2D eigenvalue weighted by molar-refractivity contribution is 0.592. The van der Waals surface area contributed by atoms with Crippen LogP contribution in [0.3, 0.4) is 0 Å². The molecule has 0 fully saturated rings. The average Bonchev–Trinajstić information content (AvgIpc) is 2.60. The number of nitrogens with one attached hydrogen (secondary N) is 2. The van der Waals surface area contributed by atoms with E-state index in [9.17, 15) is 4.39 Å². The van der Waals surface area contributed by atoms with Crippen LogP contribution in [-0.4, -0.2) is 9.97 Å². The van der Waals surface area contributed by atoms with Crippen LogP contribution in [0.2, 0.25) is 0 Å². The molecule has 1 aromatic heterocycles. The van der Waals surface area contributed by atoms with Gasteiger partial charge in [0.25, 0.3) is 0 Å². The van der Waals surface area contributed by atoms with E-state index in [4.69, 9.17) is 0 Å². The highest BCUT2D eigenvalue weighted by Crippen LogP contribution is 2.31. The monoisotopic (exact) mass is 364 g/mol. The fourth-order valence-electron chi connectivity index (χ4n) is 2.91. The number of nitrogens with zero attached hydrogens (tertiary/aromatic N) is 2. The third-order valence-electron chi connectivity index (χ3n) is 4.25. The maximum Gasteiger partial charge on any atom is 0.225 e. The average molecular weight is 364 g/mol. The van der Waals surface area contributed by atoms with Crippen LogP contribution in [0.1, 0.15) is 37.6 Å². The summed E-state index contributed by atoms with van der Waals surface area (Å²) in [5, 5.41) is 6.52. The number of para-hydroxylation sites is 1. The Morgan fingerprint density at radius 1 is 0.963 bits per heavy atom. The number of benzene rings is 2. The molecule has 1 heterocycles. The lowest BCUT2D eigenvalue weighted by Gasteiger charge is -2.23. The molecule has 0 spiro atoms. The topological polar surface area (TPSA) is 49.8 Å². The number of halogens is 1. The molecule has 27 heavy (non-hydrogen) atoms. The molecule has 0 amide bonds. The van der Waals surface area contributed by atoms with Crippen molar-refractivity contribution in [1.82, 2.24) is 9.97 Å². The van der Waals surface area contributed by atoms with E-state index in [0.29, 0.717) is 23.9 Å². The summed E-state index contributed by atoms with van der Waals surface area (Å²) in [5.41, 5.74) is 3.65. The van der Waals surface area contributed by atoms with Crippen LogP contribution in [0.15, 0.2) is 54.6 Å². The first kappa shape index (κ1) is 18.8. The highest BCUT2D eigenvalue weighted by Gasteiger charge is 2.18. The predicted octanol–water partition coefficient (Wildman–Crippen LogP) is 5.58. The van der Waals surface area contributed by atoms with Crippen molar-refractivity contribution in [2.45, 2.75) is 39.7 Å². The van der Waals surface area contributed by atoms with Gasteiger partial charge in [0.2, 0.25) is 5.95 Å². The minimum absolute atomic E-state index is 0.0115. The van der Waals surface area contributed by atoms with E-state index in [1.165, 1.54) is 11.6 Å². The lowest BCUT2D eigenvalue weighted by atomic mass is 9.86. The smallest absolute Gasteiger partial charge is 0.225 e. The number of aromatic nitrogens is 2. The molecule has 0 aliphatic rings. The third-order valence-corrected chi connectivity index (χ3v) is 4.25. The molecule has 4 nitrogen and oxygen atoms in total. The molecule has 0 aliphatic carbocycles. The predicted molar refractivity (Wildman–Crippen MR) is 109 cm³/mol. The molecule has 2 aromatic carbocycles. The largest absolute Gasteiger partial charge is 0.350 e. The quantitative estimate of drug-likeness (QED) is 0.621. The van der Waals surface area contributed by atoms with E-state index in [1.807, 2.05) is 37.3 Å². The van der Waals surface area contributed by atoms with Crippen LogP contribution in [0, 0.1) is 12.7 Å². The number of rotatable bonds is 5. The van der Waals surface area contributed by atoms with Gasteiger partial charge in [-0.2, -0.15) is 4.98 Å². The van der Waals surface area contributed by atoms with Gasteiger partial charge in [0.1, 0.15) is 11.6 Å². The fraction of sp³-hybridized carbons (Fsp3) is 0.273. The van der Waals surface area contributed by atoms with Crippen LogP contribution in [-0.2, 0) is 12.0 Å². The number of anilines is 3. The molecule has 5 heteroatoms. The van der Waals surface area contributed by atoms with Gasteiger partial charge in [-0.05, 0) is 30.0 Å². The minimum atomic E-state index is -0.241. The van der Waals surface area contributed by atoms with E-state index in [-0.39, 0.29) is 11.2 Å². The molecule has 0 saturated carbocycles. The summed E-state index contributed by atoms with van der Waals surface area (Å²) >= 11 is 0. The van der Waals surface area contributed by atoms with Crippen molar-refractivity contribution in [3.8, 4) is 0 Å². The number of hydrogen-bond donors (Lipinski definition) is 2. The molecule has 3 rings (SSSR count). The molecular weight excluding hydrogens is 339 g/mol. The van der Waals surface area contributed by atoms with Crippen molar-refractivity contribution in [2.75, 3.05) is 10.6 Å². The Kier molecular flexibility index (Phi) is 5.40. The van der Waals surface area contributed by atoms with Gasteiger partial charge < -0.3 is 10.6 Å². The Hall–Kier alpha value is -2.95. The molecular formula is C22H25FN4. The van der Waals surface area contributed by atoms with Gasteiger partial charge >= 0.3 is 0 Å². The summed E-state index contributed by atoms with van der Waals surface area (Å²) in [5.74, 6) is 0.930. The van der Waals surface area contributed by atoms with Crippen LogP contribution in [0.25, 0.3) is 0 Å². The van der Waals surface area contributed by atoms with E-state index < -0.39 is 0 Å². The second-order valence-corrected chi connectivity index (χ2v) is 7.58. The summed E-state index contributed by atoms with van der Waals surface area (Å²) < 4.78 is 13.8. The number of hydrogen-bond acceptors (Lipinski definition) is 4. The standard InChI is InChI=1S/C22H25FN4/c1-15-13-20(26-19-12-8-6-10-17(19)22(2,3)4)27-21(25-15)24-14-16-9-5-7-11-18(16)23/h5-13H,14H2,1-4H3,(H2,24,25,26,27). The van der Waals surface area contributed by atoms with Crippen molar-refractivity contribution in [3.05, 3.63) is 77.2 Å². The molecule has 0 saturated heterocycles. The molecule has 2 N–H and O–H groups in total. The zero-order valence-electron chi connectivity index (χ0n) is 16.2. The van der Waals surface area contributed by atoms with Gasteiger partial charge in [0.05, 0.1) is 0 Å². The molecule has 3 aromatic rings. The van der Waals surface area contributed by atoms with Crippen LogP contribution >= 0.6 is 0 Å². The van der Waals surface area contributed by atoms with Crippen LogP contribution in [0.4, 0.5) is 21.8 Å². The molecule has 0 aliphatic heterocycles. The summed E-state index contributed by atoms with van der Waals surface area (Å²) in [6, 6.07) is 16.8. The second-order valence-electron chi connectivity index (χ2n) is 7.58. The Morgan fingerprint density at radius 2 is 1.67 bits per heavy atom. The summed E-state index contributed by atoms with van der Waals surface area (Å²) in [6.07, 6.45) is 0. The molecule has 0 atom stereocenters. The van der Waals surface area contributed by atoms with Gasteiger partial charge in [-0.15, -0.1) is 0 Å². The first-order chi connectivity index (χ1) is 12.8. The Balaban J connectivity index is 1.81. The Labute approximate surface area is 159 Å². The van der Waals surface area contributed by atoms with Crippen molar-refractivity contribution >= 4 is 17.5 Å².